The van der Waals surface area contributed by atoms with E-state index in [-0.39, 0.29) is 10.8 Å². The predicted octanol–water partition coefficient (Wildman–Crippen LogP) is 5.65. The summed E-state index contributed by atoms with van der Waals surface area (Å²) in [4.78, 5) is 0. The first kappa shape index (κ1) is 16.8. The van der Waals surface area contributed by atoms with E-state index in [2.05, 4.69) is 0 Å². The molecule has 2 rings (SSSR count). The van der Waals surface area contributed by atoms with E-state index in [1.165, 1.54) is 0 Å². The van der Waals surface area contributed by atoms with Crippen molar-refractivity contribution in [2.75, 3.05) is 0 Å². The SMILES string of the molecule is CCc1c(CC)c(CC)c2c(F)c(F)c(F)c(F)c2c1CC. The molecule has 0 saturated heterocycles. The van der Waals surface area contributed by atoms with Gasteiger partial charge >= 0.3 is 0 Å². The minimum absolute atomic E-state index is 0.0928. The van der Waals surface area contributed by atoms with Gasteiger partial charge in [-0.25, -0.2) is 17.6 Å². The Kier molecular flexibility index (Phi) is 4.78. The third kappa shape index (κ3) is 2.20. The zero-order chi connectivity index (χ0) is 16.6. The molecule has 0 amide bonds. The highest BCUT2D eigenvalue weighted by Gasteiger charge is 2.27. The van der Waals surface area contributed by atoms with Gasteiger partial charge in [-0.05, 0) is 47.9 Å². The van der Waals surface area contributed by atoms with E-state index in [1.807, 2.05) is 27.7 Å². The van der Waals surface area contributed by atoms with Gasteiger partial charge in [0, 0.05) is 10.8 Å². The molecule has 0 nitrogen and oxygen atoms in total. The lowest BCUT2D eigenvalue weighted by Gasteiger charge is -2.21. The number of hydrogen-bond acceptors (Lipinski definition) is 0. The average Bonchev–Trinajstić information content (AvgIpc) is 2.54. The zero-order valence-corrected chi connectivity index (χ0v) is 13.3. The van der Waals surface area contributed by atoms with Crippen LogP contribution in [0.4, 0.5) is 17.6 Å². The highest BCUT2D eigenvalue weighted by atomic mass is 19.2. The van der Waals surface area contributed by atoms with E-state index >= 15 is 0 Å². The van der Waals surface area contributed by atoms with Gasteiger partial charge < -0.3 is 0 Å². The molecule has 0 saturated carbocycles. The third-order valence-corrected chi connectivity index (χ3v) is 4.38. The lowest BCUT2D eigenvalue weighted by molar-refractivity contribution is 0.417. The molecule has 0 aliphatic heterocycles. The molecule has 0 aliphatic carbocycles. The fourth-order valence-corrected chi connectivity index (χ4v) is 3.50. The quantitative estimate of drug-likeness (QED) is 0.389. The molecule has 4 heteroatoms. The monoisotopic (exact) mass is 312 g/mol. The fraction of sp³-hybridized carbons (Fsp3) is 0.444. The normalized spacial score (nSPS) is 11.5. The van der Waals surface area contributed by atoms with Crippen molar-refractivity contribution in [3.8, 4) is 0 Å². The first-order valence-corrected chi connectivity index (χ1v) is 7.75. The average molecular weight is 312 g/mol. The fourth-order valence-electron chi connectivity index (χ4n) is 3.50. The van der Waals surface area contributed by atoms with Gasteiger partial charge in [0.25, 0.3) is 0 Å². The van der Waals surface area contributed by atoms with Crippen molar-refractivity contribution in [3.05, 3.63) is 45.5 Å². The molecule has 0 N–H and O–H groups in total. The second kappa shape index (κ2) is 6.27. The van der Waals surface area contributed by atoms with E-state index in [4.69, 9.17) is 0 Å². The van der Waals surface area contributed by atoms with Gasteiger partial charge in [-0.1, -0.05) is 27.7 Å². The number of benzene rings is 2. The van der Waals surface area contributed by atoms with E-state index in [0.717, 1.165) is 11.1 Å². The molecule has 120 valence electrons. The summed E-state index contributed by atoms with van der Waals surface area (Å²) in [6.45, 7) is 7.51. The van der Waals surface area contributed by atoms with Crippen molar-refractivity contribution >= 4 is 10.8 Å². The van der Waals surface area contributed by atoms with Crippen LogP contribution in [0.25, 0.3) is 10.8 Å². The van der Waals surface area contributed by atoms with E-state index < -0.39 is 23.3 Å². The molecule has 0 radical (unpaired) electrons. The highest BCUT2D eigenvalue weighted by molar-refractivity contribution is 5.92. The number of fused-ring (bicyclic) bond motifs is 1. The Bertz CT molecular complexity index is 670. The van der Waals surface area contributed by atoms with Crippen molar-refractivity contribution in [1.29, 1.82) is 0 Å². The predicted molar refractivity (Wildman–Crippen MR) is 81.3 cm³/mol. The summed E-state index contributed by atoms with van der Waals surface area (Å²) in [6.07, 6.45) is 2.18. The summed E-state index contributed by atoms with van der Waals surface area (Å²) in [6, 6.07) is 0. The Labute approximate surface area is 128 Å². The lowest BCUT2D eigenvalue weighted by atomic mass is 9.84. The molecule has 0 unspecified atom stereocenters. The number of halogens is 4. The maximum Gasteiger partial charge on any atom is 0.198 e. The largest absolute Gasteiger partial charge is 0.203 e. The standard InChI is InChI=1S/C18H20F4/c1-5-9-10(6-2)12(8-4)14-13(11(9)7-3)15(19)17(21)18(22)16(14)20/h5-8H2,1-4H3. The Balaban J connectivity index is 3.21. The van der Waals surface area contributed by atoms with Crippen molar-refractivity contribution in [1.82, 2.24) is 0 Å². The third-order valence-electron chi connectivity index (χ3n) is 4.38. The molecular formula is C18H20F4. The van der Waals surface area contributed by atoms with E-state index in [0.29, 0.717) is 36.8 Å². The first-order valence-electron chi connectivity index (χ1n) is 7.75. The van der Waals surface area contributed by atoms with Crippen LogP contribution in [0.3, 0.4) is 0 Å². The van der Waals surface area contributed by atoms with Crippen LogP contribution in [0.15, 0.2) is 0 Å². The Morgan fingerprint density at radius 3 is 0.955 bits per heavy atom. The van der Waals surface area contributed by atoms with Crippen LogP contribution >= 0.6 is 0 Å². The second-order valence-corrected chi connectivity index (χ2v) is 5.33. The van der Waals surface area contributed by atoms with Crippen molar-refractivity contribution in [2.24, 2.45) is 0 Å². The van der Waals surface area contributed by atoms with Crippen molar-refractivity contribution < 1.29 is 17.6 Å². The van der Waals surface area contributed by atoms with E-state index in [9.17, 15) is 17.6 Å². The maximum atomic E-state index is 14.4. The van der Waals surface area contributed by atoms with Gasteiger partial charge in [-0.15, -0.1) is 0 Å². The molecule has 0 spiro atoms. The van der Waals surface area contributed by atoms with Crippen LogP contribution in [0.5, 0.6) is 0 Å². The molecular weight excluding hydrogens is 292 g/mol. The highest BCUT2D eigenvalue weighted by Crippen LogP contribution is 2.37. The first-order chi connectivity index (χ1) is 10.4. The summed E-state index contributed by atoms with van der Waals surface area (Å²) in [7, 11) is 0. The van der Waals surface area contributed by atoms with E-state index in [1.54, 1.807) is 0 Å². The van der Waals surface area contributed by atoms with Gasteiger partial charge in [0.2, 0.25) is 0 Å². The summed E-state index contributed by atoms with van der Waals surface area (Å²) < 4.78 is 56.1. The van der Waals surface area contributed by atoms with Crippen LogP contribution in [-0.4, -0.2) is 0 Å². The molecule has 0 aromatic heterocycles. The lowest BCUT2D eigenvalue weighted by Crippen LogP contribution is -2.10. The summed E-state index contributed by atoms with van der Waals surface area (Å²) in [5.74, 6) is -6.02. The molecule has 22 heavy (non-hydrogen) atoms. The molecule has 0 bridgehead atoms. The van der Waals surface area contributed by atoms with Gasteiger partial charge in [0.05, 0.1) is 0 Å². The van der Waals surface area contributed by atoms with Gasteiger partial charge in [-0.3, -0.25) is 0 Å². The maximum absolute atomic E-state index is 14.4. The van der Waals surface area contributed by atoms with Crippen LogP contribution in [0.1, 0.15) is 49.9 Å². The van der Waals surface area contributed by atoms with Crippen LogP contribution < -0.4 is 0 Å². The summed E-state index contributed by atoms with van der Waals surface area (Å²) in [5, 5.41) is -0.186. The Hall–Kier alpha value is -1.58. The molecule has 0 heterocycles. The van der Waals surface area contributed by atoms with Crippen LogP contribution in [0.2, 0.25) is 0 Å². The molecule has 0 aliphatic rings. The number of rotatable bonds is 4. The molecule has 2 aromatic rings. The smallest absolute Gasteiger partial charge is 0.198 e. The van der Waals surface area contributed by atoms with Gasteiger partial charge in [0.1, 0.15) is 0 Å². The Morgan fingerprint density at radius 1 is 0.455 bits per heavy atom. The summed E-state index contributed by atoms with van der Waals surface area (Å²) >= 11 is 0. The number of aryl methyl sites for hydroxylation is 2. The molecule has 0 fully saturated rings. The molecule has 0 atom stereocenters. The Morgan fingerprint density at radius 2 is 0.727 bits per heavy atom. The molecule has 2 aromatic carbocycles. The van der Waals surface area contributed by atoms with Crippen molar-refractivity contribution in [2.45, 2.75) is 53.4 Å². The minimum atomic E-state index is -1.73. The topological polar surface area (TPSA) is 0 Å². The number of hydrogen-bond donors (Lipinski definition) is 0. The summed E-state index contributed by atoms with van der Waals surface area (Å²) in [5.41, 5.74) is 3.03. The van der Waals surface area contributed by atoms with Gasteiger partial charge in [-0.2, -0.15) is 0 Å². The van der Waals surface area contributed by atoms with Crippen LogP contribution in [-0.2, 0) is 25.7 Å². The second-order valence-electron chi connectivity index (χ2n) is 5.33. The van der Waals surface area contributed by atoms with Crippen molar-refractivity contribution in [3.63, 3.8) is 0 Å². The minimum Gasteiger partial charge on any atom is -0.203 e. The van der Waals surface area contributed by atoms with Gasteiger partial charge in [0.15, 0.2) is 23.3 Å². The zero-order valence-electron chi connectivity index (χ0n) is 13.3. The van der Waals surface area contributed by atoms with Crippen LogP contribution in [0, 0.1) is 23.3 Å².